The Morgan fingerprint density at radius 1 is 0.822 bits per heavy atom. The molecule has 0 aromatic heterocycles. The van der Waals surface area contributed by atoms with Crippen molar-refractivity contribution in [2.75, 3.05) is 38.1 Å². The van der Waals surface area contributed by atoms with Crippen LogP contribution in [-0.4, -0.2) is 56.3 Å². The average Bonchev–Trinajstić information content (AvgIpc) is 3.30. The molecule has 1 N–H and O–H groups in total. The number of para-hydroxylation sites is 1. The molecule has 0 fully saturated rings. The lowest BCUT2D eigenvalue weighted by atomic mass is 10.0. The summed E-state index contributed by atoms with van der Waals surface area (Å²) >= 11 is 0. The lowest BCUT2D eigenvalue weighted by Gasteiger charge is -2.33. The van der Waals surface area contributed by atoms with Crippen LogP contribution in [0.3, 0.4) is 0 Å². The summed E-state index contributed by atoms with van der Waals surface area (Å²) in [6.45, 7) is 1.50. The highest BCUT2D eigenvalue weighted by Gasteiger charge is 2.39. The third kappa shape index (κ3) is 6.50. The Morgan fingerprint density at radius 2 is 1.49 bits per heavy atom. The molecule has 4 aromatic carbocycles. The summed E-state index contributed by atoms with van der Waals surface area (Å²) in [6.07, 6.45) is 0. The fourth-order valence-corrected chi connectivity index (χ4v) is 5.21. The van der Waals surface area contributed by atoms with Gasteiger partial charge in [0.1, 0.15) is 29.8 Å². The van der Waals surface area contributed by atoms with Crippen molar-refractivity contribution in [1.29, 1.82) is 0 Å². The van der Waals surface area contributed by atoms with Gasteiger partial charge in [-0.05, 0) is 54.4 Å². The van der Waals surface area contributed by atoms with E-state index >= 15 is 0 Å². The number of carbonyl (C=O) groups is 4. The van der Waals surface area contributed by atoms with E-state index in [9.17, 15) is 19.2 Å². The van der Waals surface area contributed by atoms with Gasteiger partial charge >= 0.3 is 0 Å². The highest BCUT2D eigenvalue weighted by Crippen LogP contribution is 2.33. The van der Waals surface area contributed by atoms with Gasteiger partial charge in [-0.2, -0.15) is 0 Å². The van der Waals surface area contributed by atoms with Crippen LogP contribution in [0.15, 0.2) is 91.0 Å². The van der Waals surface area contributed by atoms with Crippen LogP contribution in [0.25, 0.3) is 0 Å². The first kappa shape index (κ1) is 30.8. The topological polar surface area (TPSA) is 114 Å². The molecule has 0 aliphatic carbocycles. The number of carbonyl (C=O) groups excluding carboxylic acids is 4. The second-order valence-corrected chi connectivity index (χ2v) is 10.5. The predicted octanol–water partition coefficient (Wildman–Crippen LogP) is 4.96. The maximum Gasteiger partial charge on any atom is 0.299 e. The van der Waals surface area contributed by atoms with Gasteiger partial charge in [0.05, 0.1) is 38.3 Å². The van der Waals surface area contributed by atoms with Crippen molar-refractivity contribution in [3.8, 4) is 17.2 Å². The van der Waals surface area contributed by atoms with Crippen LogP contribution >= 0.6 is 0 Å². The highest BCUT2D eigenvalue weighted by molar-refractivity contribution is 6.52. The van der Waals surface area contributed by atoms with Crippen LogP contribution in [0.5, 0.6) is 17.2 Å². The van der Waals surface area contributed by atoms with Crippen molar-refractivity contribution in [1.82, 2.24) is 4.90 Å². The summed E-state index contributed by atoms with van der Waals surface area (Å²) in [5.74, 6) is -0.973. The molecule has 0 radical (unpaired) electrons. The van der Waals surface area contributed by atoms with Gasteiger partial charge in [0, 0.05) is 12.6 Å². The fourth-order valence-electron chi connectivity index (χ4n) is 5.21. The van der Waals surface area contributed by atoms with Gasteiger partial charge in [-0.1, -0.05) is 54.1 Å². The average molecular weight is 608 g/mol. The third-order valence-electron chi connectivity index (χ3n) is 7.62. The molecule has 0 saturated heterocycles. The molecule has 1 heterocycles. The third-order valence-corrected chi connectivity index (χ3v) is 7.62. The van der Waals surface area contributed by atoms with E-state index in [4.69, 9.17) is 14.2 Å². The Kier molecular flexibility index (Phi) is 9.13. The summed E-state index contributed by atoms with van der Waals surface area (Å²) in [7, 11) is 4.57. The molecule has 10 nitrogen and oxygen atoms in total. The minimum absolute atomic E-state index is 0.0200. The van der Waals surface area contributed by atoms with Crippen molar-refractivity contribution >= 4 is 34.9 Å². The Morgan fingerprint density at radius 3 is 2.16 bits per heavy atom. The Labute approximate surface area is 261 Å². The number of methoxy groups -OCH3 is 3. The zero-order chi connectivity index (χ0) is 32.1. The Bertz CT molecular complexity index is 1740. The van der Waals surface area contributed by atoms with E-state index in [1.54, 1.807) is 86.0 Å². The van der Waals surface area contributed by atoms with Crippen molar-refractivity contribution in [3.05, 3.63) is 113 Å². The van der Waals surface area contributed by atoms with Gasteiger partial charge < -0.3 is 24.4 Å². The normalized spacial score (nSPS) is 12.8. The summed E-state index contributed by atoms with van der Waals surface area (Å²) in [5.41, 5.74) is 3.21. The number of Topliss-reactive ketones (excluding diaryl/α,β-unsaturated/α-hetero) is 1. The molecule has 1 aliphatic heterocycles. The minimum Gasteiger partial charge on any atom is -0.497 e. The number of ether oxygens (including phenoxy) is 3. The first-order valence-corrected chi connectivity index (χ1v) is 14.2. The van der Waals surface area contributed by atoms with Crippen LogP contribution in [0, 0.1) is 6.92 Å². The molecular weight excluding hydrogens is 574 g/mol. The number of hydrogen-bond acceptors (Lipinski definition) is 7. The molecule has 1 aliphatic rings. The first-order valence-electron chi connectivity index (χ1n) is 14.2. The summed E-state index contributed by atoms with van der Waals surface area (Å²) in [5, 5.41) is 2.92. The van der Waals surface area contributed by atoms with E-state index in [0.29, 0.717) is 34.2 Å². The van der Waals surface area contributed by atoms with Gasteiger partial charge in [0.25, 0.3) is 17.6 Å². The number of amides is 3. The summed E-state index contributed by atoms with van der Waals surface area (Å²) < 4.78 is 16.1. The van der Waals surface area contributed by atoms with Crippen LogP contribution < -0.4 is 24.4 Å². The number of ketones is 1. The van der Waals surface area contributed by atoms with Crippen LogP contribution in [0.1, 0.15) is 33.1 Å². The van der Waals surface area contributed by atoms with Crippen molar-refractivity contribution in [2.24, 2.45) is 0 Å². The second kappa shape index (κ2) is 13.3. The molecule has 0 saturated carbocycles. The largest absolute Gasteiger partial charge is 0.497 e. The number of fused-ring (bicyclic) bond motifs is 1. The summed E-state index contributed by atoms with van der Waals surface area (Å²) in [6, 6.07) is 24.8. The number of anilines is 2. The molecule has 10 heteroatoms. The zero-order valence-electron chi connectivity index (χ0n) is 25.4. The van der Waals surface area contributed by atoms with Crippen molar-refractivity contribution in [3.63, 3.8) is 0 Å². The zero-order valence-corrected chi connectivity index (χ0v) is 25.4. The minimum atomic E-state index is -1.13. The van der Waals surface area contributed by atoms with E-state index < -0.39 is 36.1 Å². The Hall–Kier alpha value is -5.64. The van der Waals surface area contributed by atoms with Crippen LogP contribution in [0.2, 0.25) is 0 Å². The summed E-state index contributed by atoms with van der Waals surface area (Å²) in [4.78, 5) is 56.9. The molecule has 3 amide bonds. The first-order chi connectivity index (χ1) is 21.7. The maximum absolute atomic E-state index is 14.3. The van der Waals surface area contributed by atoms with E-state index in [2.05, 4.69) is 5.32 Å². The van der Waals surface area contributed by atoms with Crippen LogP contribution in [0.4, 0.5) is 11.4 Å². The molecule has 5 rings (SSSR count). The van der Waals surface area contributed by atoms with Gasteiger partial charge in [-0.25, -0.2) is 0 Å². The molecule has 0 bridgehead atoms. The van der Waals surface area contributed by atoms with E-state index in [1.807, 2.05) is 19.1 Å². The number of rotatable bonds is 11. The van der Waals surface area contributed by atoms with Gasteiger partial charge in [-0.15, -0.1) is 0 Å². The smallest absolute Gasteiger partial charge is 0.299 e. The highest BCUT2D eigenvalue weighted by atomic mass is 16.5. The monoisotopic (exact) mass is 607 g/mol. The lowest BCUT2D eigenvalue weighted by Crippen LogP contribution is -2.46. The maximum atomic E-state index is 14.3. The van der Waals surface area contributed by atoms with E-state index in [0.717, 1.165) is 16.0 Å². The molecule has 1 unspecified atom stereocenters. The molecule has 1 atom stereocenters. The Balaban J connectivity index is 1.56. The number of benzene rings is 4. The van der Waals surface area contributed by atoms with Crippen molar-refractivity contribution in [2.45, 2.75) is 19.5 Å². The van der Waals surface area contributed by atoms with Crippen LogP contribution in [-0.2, 0) is 20.9 Å². The van der Waals surface area contributed by atoms with Gasteiger partial charge in [0.2, 0.25) is 5.91 Å². The van der Waals surface area contributed by atoms with Gasteiger partial charge in [-0.3, -0.25) is 24.1 Å². The van der Waals surface area contributed by atoms with E-state index in [1.165, 1.54) is 19.1 Å². The lowest BCUT2D eigenvalue weighted by molar-refractivity contribution is -0.139. The number of nitrogens with zero attached hydrogens (tertiary/aromatic N) is 2. The SMILES string of the molecule is COc1ccc(CN(C(=O)CN2C(=O)C(=O)c3ccccc32)C(C(=O)Nc2ccc(OC)cc2OC)c2ccc(C)cc2)cc1. The number of aryl methyl sites for hydroxylation is 1. The standard InChI is InChI=1S/C35H33N3O7/c1-22-9-13-24(14-10-22)32(34(41)36-28-18-17-26(44-3)19-30(28)45-4)38(20-23-11-15-25(43-2)16-12-23)31(39)21-37-29-8-6-5-7-27(29)33(40)35(37)42/h5-19,32H,20-21H2,1-4H3,(H,36,41). The quantitative estimate of drug-likeness (QED) is 0.240. The fraction of sp³-hybridized carbons (Fsp3) is 0.200. The molecule has 230 valence electrons. The molecule has 4 aromatic rings. The van der Waals surface area contributed by atoms with E-state index in [-0.39, 0.29) is 12.1 Å². The molecular formula is C35H33N3O7. The second-order valence-electron chi connectivity index (χ2n) is 10.5. The molecule has 0 spiro atoms. The van der Waals surface area contributed by atoms with Crippen molar-refractivity contribution < 1.29 is 33.4 Å². The van der Waals surface area contributed by atoms with Gasteiger partial charge in [0.15, 0.2) is 0 Å². The molecule has 45 heavy (non-hydrogen) atoms. The number of nitrogens with one attached hydrogen (secondary N) is 1. The predicted molar refractivity (Wildman–Crippen MR) is 169 cm³/mol. The number of hydrogen-bond donors (Lipinski definition) is 1.